The van der Waals surface area contributed by atoms with Crippen molar-refractivity contribution in [2.24, 2.45) is 0 Å². The van der Waals surface area contributed by atoms with Crippen LogP contribution in [0.1, 0.15) is 34.5 Å². The standard InChI is InChI=1S/C19H17Cl2N3O/c1-13(17-7-6-16(20)10-18(17)21)23-19(25)15-4-2-14(3-5-15)11-24-9-8-22-12-24/h2-10,12-13H,11H2,1H3,(H,23,25). The molecule has 0 radical (unpaired) electrons. The van der Waals surface area contributed by atoms with E-state index in [1.54, 1.807) is 24.7 Å². The molecule has 128 valence electrons. The van der Waals surface area contributed by atoms with Crippen LogP contribution in [0.15, 0.2) is 61.2 Å². The van der Waals surface area contributed by atoms with Gasteiger partial charge in [-0.3, -0.25) is 4.79 Å². The lowest BCUT2D eigenvalue weighted by Crippen LogP contribution is -2.26. The van der Waals surface area contributed by atoms with Gasteiger partial charge in [0.2, 0.25) is 0 Å². The molecule has 2 aromatic carbocycles. The minimum absolute atomic E-state index is 0.146. The number of benzene rings is 2. The first-order valence-electron chi connectivity index (χ1n) is 7.83. The van der Waals surface area contributed by atoms with Crippen molar-refractivity contribution in [3.8, 4) is 0 Å². The Morgan fingerprint density at radius 3 is 2.60 bits per heavy atom. The van der Waals surface area contributed by atoms with Gasteiger partial charge in [-0.2, -0.15) is 0 Å². The summed E-state index contributed by atoms with van der Waals surface area (Å²) in [5.41, 5.74) is 2.53. The zero-order valence-electron chi connectivity index (χ0n) is 13.6. The van der Waals surface area contributed by atoms with Crippen LogP contribution in [-0.4, -0.2) is 15.5 Å². The summed E-state index contributed by atoms with van der Waals surface area (Å²) in [5.74, 6) is -0.146. The summed E-state index contributed by atoms with van der Waals surface area (Å²) in [5, 5.41) is 4.06. The molecule has 0 aliphatic heterocycles. The molecular weight excluding hydrogens is 357 g/mol. The molecule has 0 spiro atoms. The number of halogens is 2. The van der Waals surface area contributed by atoms with E-state index in [4.69, 9.17) is 23.2 Å². The number of hydrogen-bond acceptors (Lipinski definition) is 2. The van der Waals surface area contributed by atoms with Crippen molar-refractivity contribution in [2.45, 2.75) is 19.5 Å². The van der Waals surface area contributed by atoms with Gasteiger partial charge in [0.1, 0.15) is 0 Å². The molecular formula is C19H17Cl2N3O. The first-order chi connectivity index (χ1) is 12.0. The van der Waals surface area contributed by atoms with Gasteiger partial charge in [0.05, 0.1) is 12.4 Å². The quantitative estimate of drug-likeness (QED) is 0.702. The Hall–Kier alpha value is -2.30. The molecule has 0 aliphatic rings. The van der Waals surface area contributed by atoms with Gasteiger partial charge in [0.15, 0.2) is 0 Å². The summed E-state index contributed by atoms with van der Waals surface area (Å²) in [6.45, 7) is 2.61. The highest BCUT2D eigenvalue weighted by Crippen LogP contribution is 2.26. The maximum Gasteiger partial charge on any atom is 0.251 e. The summed E-state index contributed by atoms with van der Waals surface area (Å²) in [7, 11) is 0. The largest absolute Gasteiger partial charge is 0.345 e. The van der Waals surface area contributed by atoms with Crippen LogP contribution < -0.4 is 5.32 Å². The van der Waals surface area contributed by atoms with Crippen LogP contribution in [0.3, 0.4) is 0 Å². The van der Waals surface area contributed by atoms with E-state index < -0.39 is 0 Å². The Balaban J connectivity index is 1.66. The van der Waals surface area contributed by atoms with E-state index in [0.29, 0.717) is 15.6 Å². The fourth-order valence-electron chi connectivity index (χ4n) is 2.56. The van der Waals surface area contributed by atoms with Crippen molar-refractivity contribution in [2.75, 3.05) is 0 Å². The Labute approximate surface area is 156 Å². The average Bonchev–Trinajstić information content (AvgIpc) is 3.08. The van der Waals surface area contributed by atoms with Crippen molar-refractivity contribution in [3.63, 3.8) is 0 Å². The predicted octanol–water partition coefficient (Wildman–Crippen LogP) is 4.73. The van der Waals surface area contributed by atoms with E-state index in [0.717, 1.165) is 17.7 Å². The molecule has 1 N–H and O–H groups in total. The van der Waals surface area contributed by atoms with E-state index in [9.17, 15) is 4.79 Å². The Morgan fingerprint density at radius 2 is 1.96 bits per heavy atom. The zero-order chi connectivity index (χ0) is 17.8. The molecule has 25 heavy (non-hydrogen) atoms. The van der Waals surface area contributed by atoms with E-state index >= 15 is 0 Å². The van der Waals surface area contributed by atoms with Crippen molar-refractivity contribution < 1.29 is 4.79 Å². The Bertz CT molecular complexity index is 861. The number of carbonyl (C=O) groups excluding carboxylic acids is 1. The fraction of sp³-hybridized carbons (Fsp3) is 0.158. The first kappa shape index (κ1) is 17.5. The van der Waals surface area contributed by atoms with Crippen LogP contribution >= 0.6 is 23.2 Å². The second kappa shape index (κ2) is 7.72. The fourth-order valence-corrected chi connectivity index (χ4v) is 3.14. The van der Waals surface area contributed by atoms with Gasteiger partial charge in [-0.05, 0) is 42.3 Å². The number of nitrogens with zero attached hydrogens (tertiary/aromatic N) is 2. The number of imidazole rings is 1. The summed E-state index contributed by atoms with van der Waals surface area (Å²) >= 11 is 12.1. The molecule has 1 heterocycles. The van der Waals surface area contributed by atoms with Gasteiger partial charge in [-0.1, -0.05) is 41.4 Å². The van der Waals surface area contributed by atoms with Crippen LogP contribution in [0.2, 0.25) is 10.0 Å². The van der Waals surface area contributed by atoms with Gasteiger partial charge in [-0.15, -0.1) is 0 Å². The van der Waals surface area contributed by atoms with Crippen molar-refractivity contribution in [1.82, 2.24) is 14.9 Å². The number of rotatable bonds is 5. The number of carbonyl (C=O) groups is 1. The topological polar surface area (TPSA) is 46.9 Å². The van der Waals surface area contributed by atoms with Crippen molar-refractivity contribution in [3.05, 3.63) is 87.9 Å². The maximum absolute atomic E-state index is 12.4. The predicted molar refractivity (Wildman–Crippen MR) is 100 cm³/mol. The van der Waals surface area contributed by atoms with Crippen LogP contribution in [0.4, 0.5) is 0 Å². The number of hydrogen-bond donors (Lipinski definition) is 1. The second-order valence-electron chi connectivity index (χ2n) is 5.79. The SMILES string of the molecule is CC(NC(=O)c1ccc(Cn2ccnc2)cc1)c1ccc(Cl)cc1Cl. The molecule has 0 saturated carbocycles. The summed E-state index contributed by atoms with van der Waals surface area (Å²) < 4.78 is 1.97. The highest BCUT2D eigenvalue weighted by molar-refractivity contribution is 6.35. The van der Waals surface area contributed by atoms with E-state index in [-0.39, 0.29) is 11.9 Å². The zero-order valence-corrected chi connectivity index (χ0v) is 15.1. The molecule has 1 aromatic heterocycles. The molecule has 1 unspecified atom stereocenters. The summed E-state index contributed by atoms with van der Waals surface area (Å²) in [4.78, 5) is 16.5. The average molecular weight is 374 g/mol. The molecule has 1 amide bonds. The lowest BCUT2D eigenvalue weighted by molar-refractivity contribution is 0.0940. The molecule has 0 aliphatic carbocycles. The third-order valence-corrected chi connectivity index (χ3v) is 4.48. The normalized spacial score (nSPS) is 12.0. The molecule has 0 bridgehead atoms. The number of amides is 1. The monoisotopic (exact) mass is 373 g/mol. The second-order valence-corrected chi connectivity index (χ2v) is 6.64. The van der Waals surface area contributed by atoms with Crippen LogP contribution in [0, 0.1) is 0 Å². The van der Waals surface area contributed by atoms with E-state index in [2.05, 4.69) is 10.3 Å². The first-order valence-corrected chi connectivity index (χ1v) is 8.59. The molecule has 0 fully saturated rings. The minimum atomic E-state index is -0.220. The van der Waals surface area contributed by atoms with Gasteiger partial charge in [-0.25, -0.2) is 4.98 Å². The van der Waals surface area contributed by atoms with E-state index in [1.807, 2.05) is 48.0 Å². The Morgan fingerprint density at radius 1 is 1.20 bits per heavy atom. The lowest BCUT2D eigenvalue weighted by Gasteiger charge is -2.16. The van der Waals surface area contributed by atoms with Crippen LogP contribution in [0.25, 0.3) is 0 Å². The highest BCUT2D eigenvalue weighted by Gasteiger charge is 2.14. The molecule has 3 aromatic rings. The van der Waals surface area contributed by atoms with E-state index in [1.165, 1.54) is 0 Å². The lowest BCUT2D eigenvalue weighted by atomic mass is 10.1. The maximum atomic E-state index is 12.4. The smallest absolute Gasteiger partial charge is 0.251 e. The van der Waals surface area contributed by atoms with Gasteiger partial charge in [0, 0.05) is 34.5 Å². The third-order valence-electron chi connectivity index (χ3n) is 3.92. The van der Waals surface area contributed by atoms with Crippen molar-refractivity contribution in [1.29, 1.82) is 0 Å². The molecule has 0 saturated heterocycles. The molecule has 3 rings (SSSR count). The van der Waals surface area contributed by atoms with Gasteiger partial charge < -0.3 is 9.88 Å². The minimum Gasteiger partial charge on any atom is -0.345 e. The summed E-state index contributed by atoms with van der Waals surface area (Å²) in [6.07, 6.45) is 5.40. The molecule has 1 atom stereocenters. The van der Waals surface area contributed by atoms with Crippen LogP contribution in [-0.2, 0) is 6.54 Å². The summed E-state index contributed by atoms with van der Waals surface area (Å²) in [6, 6.07) is 12.5. The molecule has 4 nitrogen and oxygen atoms in total. The third kappa shape index (κ3) is 4.41. The molecule has 6 heteroatoms. The van der Waals surface area contributed by atoms with Crippen LogP contribution in [0.5, 0.6) is 0 Å². The van der Waals surface area contributed by atoms with Gasteiger partial charge in [0.25, 0.3) is 5.91 Å². The number of aromatic nitrogens is 2. The van der Waals surface area contributed by atoms with Gasteiger partial charge >= 0.3 is 0 Å². The highest BCUT2D eigenvalue weighted by atomic mass is 35.5. The number of nitrogens with one attached hydrogen (secondary N) is 1. The Kier molecular flexibility index (Phi) is 5.41. The van der Waals surface area contributed by atoms with Crippen molar-refractivity contribution >= 4 is 29.1 Å².